The fraction of sp³-hybridized carbons (Fsp3) is 0.0588. The van der Waals surface area contributed by atoms with Crippen molar-refractivity contribution in [1.29, 1.82) is 0 Å². The van der Waals surface area contributed by atoms with E-state index >= 15 is 0 Å². The Bertz CT molecular complexity index is 1090. The highest BCUT2D eigenvalue weighted by atomic mass is 35.5. The zero-order valence-electron chi connectivity index (χ0n) is 12.5. The zero-order chi connectivity index (χ0) is 16.8. The molecule has 0 saturated carbocycles. The maximum Gasteiger partial charge on any atom is 0.133 e. The van der Waals surface area contributed by atoms with Gasteiger partial charge in [-0.25, -0.2) is 9.97 Å². The molecule has 24 heavy (non-hydrogen) atoms. The minimum Gasteiger partial charge on any atom is -0.397 e. The predicted octanol–water partition coefficient (Wildman–Crippen LogP) is 3.78. The SMILES string of the molecule is Nc1cn(N)c2ccc3nc(Cc4ccc(Cl)cc4Cl)ncc3c12. The summed E-state index contributed by atoms with van der Waals surface area (Å²) in [5.41, 5.74) is 9.24. The lowest BCUT2D eigenvalue weighted by Gasteiger charge is -2.06. The van der Waals surface area contributed by atoms with Gasteiger partial charge in [0, 0.05) is 39.6 Å². The maximum atomic E-state index is 6.23. The number of anilines is 1. The Hall–Kier alpha value is -2.50. The molecule has 0 aliphatic heterocycles. The number of hydrogen-bond donors (Lipinski definition) is 2. The van der Waals surface area contributed by atoms with Gasteiger partial charge >= 0.3 is 0 Å². The smallest absolute Gasteiger partial charge is 0.133 e. The molecule has 0 bridgehead atoms. The number of nitrogen functional groups attached to an aromatic ring is 2. The Labute approximate surface area is 147 Å². The highest BCUT2D eigenvalue weighted by Gasteiger charge is 2.11. The van der Waals surface area contributed by atoms with Crippen molar-refractivity contribution in [3.8, 4) is 0 Å². The van der Waals surface area contributed by atoms with Crippen LogP contribution in [0.5, 0.6) is 0 Å². The molecule has 0 saturated heterocycles. The topological polar surface area (TPSA) is 82.8 Å². The number of benzene rings is 2. The van der Waals surface area contributed by atoms with E-state index in [1.54, 1.807) is 24.5 Å². The molecule has 120 valence electrons. The van der Waals surface area contributed by atoms with Crippen LogP contribution >= 0.6 is 23.2 Å². The molecule has 2 aromatic carbocycles. The van der Waals surface area contributed by atoms with Crippen molar-refractivity contribution in [2.24, 2.45) is 0 Å². The zero-order valence-corrected chi connectivity index (χ0v) is 14.0. The summed E-state index contributed by atoms with van der Waals surface area (Å²) in [6, 6.07) is 9.22. The summed E-state index contributed by atoms with van der Waals surface area (Å²) < 4.78 is 1.51. The van der Waals surface area contributed by atoms with Crippen LogP contribution < -0.4 is 11.6 Å². The molecule has 4 aromatic rings. The van der Waals surface area contributed by atoms with Gasteiger partial charge < -0.3 is 11.6 Å². The summed E-state index contributed by atoms with van der Waals surface area (Å²) in [6.07, 6.45) is 3.99. The Balaban J connectivity index is 1.81. The number of aromatic nitrogens is 3. The largest absolute Gasteiger partial charge is 0.397 e. The third-order valence-electron chi connectivity index (χ3n) is 4.00. The third kappa shape index (κ3) is 2.42. The third-order valence-corrected chi connectivity index (χ3v) is 4.59. The van der Waals surface area contributed by atoms with E-state index in [-0.39, 0.29) is 0 Å². The van der Waals surface area contributed by atoms with Gasteiger partial charge in [-0.15, -0.1) is 0 Å². The van der Waals surface area contributed by atoms with Crippen molar-refractivity contribution in [1.82, 2.24) is 14.6 Å². The fourth-order valence-electron chi connectivity index (χ4n) is 2.86. The summed E-state index contributed by atoms with van der Waals surface area (Å²) in [5.74, 6) is 6.58. The van der Waals surface area contributed by atoms with E-state index in [0.29, 0.717) is 28.0 Å². The second-order valence-electron chi connectivity index (χ2n) is 5.58. The lowest BCUT2D eigenvalue weighted by molar-refractivity contribution is 0.993. The summed E-state index contributed by atoms with van der Waals surface area (Å²) in [6.45, 7) is 0. The number of halogens is 2. The molecule has 0 radical (unpaired) electrons. The van der Waals surface area contributed by atoms with Gasteiger partial charge in [0.2, 0.25) is 0 Å². The average Bonchev–Trinajstić information content (AvgIpc) is 2.84. The number of fused-ring (bicyclic) bond motifs is 3. The molecule has 4 N–H and O–H groups in total. The normalized spacial score (nSPS) is 11.4. The van der Waals surface area contributed by atoms with Crippen LogP contribution in [0.2, 0.25) is 10.0 Å². The first-order valence-corrected chi connectivity index (χ1v) is 8.02. The van der Waals surface area contributed by atoms with Gasteiger partial charge in [-0.05, 0) is 29.8 Å². The molecular weight excluding hydrogens is 345 g/mol. The first-order chi connectivity index (χ1) is 11.5. The molecule has 5 nitrogen and oxygen atoms in total. The molecule has 7 heteroatoms. The van der Waals surface area contributed by atoms with Crippen LogP contribution in [0.1, 0.15) is 11.4 Å². The molecule has 2 heterocycles. The van der Waals surface area contributed by atoms with Gasteiger partial charge in [0.15, 0.2) is 0 Å². The van der Waals surface area contributed by atoms with Crippen LogP contribution in [0.25, 0.3) is 21.8 Å². The Morgan fingerprint density at radius 3 is 2.75 bits per heavy atom. The van der Waals surface area contributed by atoms with Crippen LogP contribution in [0.3, 0.4) is 0 Å². The summed E-state index contributed by atoms with van der Waals surface area (Å²) >= 11 is 12.2. The van der Waals surface area contributed by atoms with Gasteiger partial charge in [-0.3, -0.25) is 4.68 Å². The van der Waals surface area contributed by atoms with E-state index < -0.39 is 0 Å². The molecule has 0 aliphatic carbocycles. The number of hydrogen-bond acceptors (Lipinski definition) is 4. The van der Waals surface area contributed by atoms with Crippen LogP contribution in [0, 0.1) is 0 Å². The van der Waals surface area contributed by atoms with Crippen molar-refractivity contribution in [3.63, 3.8) is 0 Å². The lowest BCUT2D eigenvalue weighted by atomic mass is 10.1. The van der Waals surface area contributed by atoms with E-state index in [1.807, 2.05) is 18.2 Å². The number of nitrogens with two attached hydrogens (primary N) is 2. The molecule has 0 unspecified atom stereocenters. The Morgan fingerprint density at radius 2 is 1.96 bits per heavy atom. The van der Waals surface area contributed by atoms with Crippen molar-refractivity contribution in [2.45, 2.75) is 6.42 Å². The molecule has 0 amide bonds. The minimum absolute atomic E-state index is 0.525. The summed E-state index contributed by atoms with van der Waals surface area (Å²) in [5, 5.41) is 2.95. The maximum absolute atomic E-state index is 6.23. The first-order valence-electron chi connectivity index (χ1n) is 7.27. The lowest BCUT2D eigenvalue weighted by Crippen LogP contribution is -2.05. The summed E-state index contributed by atoms with van der Waals surface area (Å²) in [7, 11) is 0. The second kappa shape index (κ2) is 5.54. The van der Waals surface area contributed by atoms with Crippen molar-refractivity contribution in [2.75, 3.05) is 11.6 Å². The summed E-state index contributed by atoms with van der Waals surface area (Å²) in [4.78, 5) is 9.08. The van der Waals surface area contributed by atoms with Crippen molar-refractivity contribution >= 4 is 50.7 Å². The van der Waals surface area contributed by atoms with Crippen molar-refractivity contribution in [3.05, 3.63) is 64.2 Å². The number of rotatable bonds is 2. The fourth-order valence-corrected chi connectivity index (χ4v) is 3.33. The van der Waals surface area contributed by atoms with Crippen LogP contribution in [-0.2, 0) is 6.42 Å². The number of nitrogens with zero attached hydrogens (tertiary/aromatic N) is 3. The predicted molar refractivity (Wildman–Crippen MR) is 98.9 cm³/mol. The van der Waals surface area contributed by atoms with E-state index in [0.717, 1.165) is 27.4 Å². The Kier molecular flexibility index (Phi) is 3.48. The van der Waals surface area contributed by atoms with E-state index in [2.05, 4.69) is 9.97 Å². The van der Waals surface area contributed by atoms with Crippen LogP contribution in [0.15, 0.2) is 42.7 Å². The van der Waals surface area contributed by atoms with Gasteiger partial charge in [0.05, 0.1) is 16.7 Å². The molecular formula is C17H13Cl2N5. The molecule has 0 fully saturated rings. The van der Waals surface area contributed by atoms with Crippen LogP contribution in [0.4, 0.5) is 5.69 Å². The average molecular weight is 358 g/mol. The molecule has 0 atom stereocenters. The van der Waals surface area contributed by atoms with E-state index in [1.165, 1.54) is 4.68 Å². The standard InChI is InChI=1S/C17H13Cl2N5/c18-10-2-1-9(12(19)6-10)5-16-22-7-11-14(23-16)3-4-15-17(11)13(20)8-24(15)21/h1-4,6-8H,5,20-21H2. The highest BCUT2D eigenvalue weighted by molar-refractivity contribution is 6.35. The monoisotopic (exact) mass is 357 g/mol. The molecule has 4 rings (SSSR count). The second-order valence-corrected chi connectivity index (χ2v) is 6.43. The van der Waals surface area contributed by atoms with E-state index in [4.69, 9.17) is 34.8 Å². The van der Waals surface area contributed by atoms with Crippen LogP contribution in [-0.4, -0.2) is 14.6 Å². The molecule has 0 spiro atoms. The molecule has 0 aliphatic rings. The minimum atomic E-state index is 0.525. The highest BCUT2D eigenvalue weighted by Crippen LogP contribution is 2.30. The van der Waals surface area contributed by atoms with Gasteiger partial charge in [0.1, 0.15) is 5.82 Å². The quantitative estimate of drug-likeness (QED) is 0.534. The van der Waals surface area contributed by atoms with Gasteiger partial charge in [-0.1, -0.05) is 29.3 Å². The van der Waals surface area contributed by atoms with E-state index in [9.17, 15) is 0 Å². The Morgan fingerprint density at radius 1 is 1.12 bits per heavy atom. The van der Waals surface area contributed by atoms with Gasteiger partial charge in [0.25, 0.3) is 0 Å². The van der Waals surface area contributed by atoms with Gasteiger partial charge in [-0.2, -0.15) is 0 Å². The molecule has 2 aromatic heterocycles. The van der Waals surface area contributed by atoms with Crippen molar-refractivity contribution < 1.29 is 0 Å². The first kappa shape index (κ1) is 15.1.